The highest BCUT2D eigenvalue weighted by molar-refractivity contribution is 5.82. The lowest BCUT2D eigenvalue weighted by molar-refractivity contribution is 0.0656. The average molecular weight is 439 g/mol. The molecule has 1 saturated heterocycles. The molecule has 0 spiro atoms. The van der Waals surface area contributed by atoms with Crippen molar-refractivity contribution in [1.29, 1.82) is 0 Å². The molecule has 4 rings (SSSR count). The van der Waals surface area contributed by atoms with Crippen molar-refractivity contribution in [3.63, 3.8) is 0 Å². The van der Waals surface area contributed by atoms with E-state index < -0.39 is 0 Å². The highest BCUT2D eigenvalue weighted by Crippen LogP contribution is 2.22. The second kappa shape index (κ2) is 9.11. The fourth-order valence-corrected chi connectivity index (χ4v) is 4.48. The van der Waals surface area contributed by atoms with E-state index in [1.807, 2.05) is 17.7 Å². The number of fused-ring (bicyclic) bond motifs is 1. The van der Waals surface area contributed by atoms with Crippen LogP contribution < -0.4 is 5.56 Å². The molecule has 0 aliphatic carbocycles. The minimum Gasteiger partial charge on any atom is -0.377 e. The summed E-state index contributed by atoms with van der Waals surface area (Å²) in [5.41, 5.74) is 3.70. The normalized spacial score (nSPS) is 17.0. The van der Waals surface area contributed by atoms with E-state index in [0.29, 0.717) is 13.1 Å². The first-order chi connectivity index (χ1) is 15.3. The van der Waals surface area contributed by atoms with Crippen molar-refractivity contribution in [3.05, 3.63) is 51.1 Å². The molecule has 0 radical (unpaired) electrons. The van der Waals surface area contributed by atoms with Gasteiger partial charge < -0.3 is 9.72 Å². The van der Waals surface area contributed by atoms with Crippen molar-refractivity contribution >= 4 is 10.9 Å². The molecular formula is C24H34N6O2. The van der Waals surface area contributed by atoms with Crippen molar-refractivity contribution in [2.75, 3.05) is 13.2 Å². The largest absolute Gasteiger partial charge is 0.377 e. The molecule has 1 aliphatic rings. The molecule has 0 saturated carbocycles. The molecular weight excluding hydrogens is 404 g/mol. The van der Waals surface area contributed by atoms with Gasteiger partial charge in [-0.25, -0.2) is 4.68 Å². The maximum Gasteiger partial charge on any atom is 0.252 e. The third kappa shape index (κ3) is 4.76. The number of nitrogens with one attached hydrogen (secondary N) is 1. The molecule has 32 heavy (non-hydrogen) atoms. The number of hydrogen-bond acceptors (Lipinski definition) is 6. The van der Waals surface area contributed by atoms with Crippen LogP contribution in [0.3, 0.4) is 0 Å². The maximum atomic E-state index is 13.0. The van der Waals surface area contributed by atoms with Crippen LogP contribution in [-0.4, -0.2) is 49.3 Å². The molecule has 3 aromatic rings. The third-order valence-corrected chi connectivity index (χ3v) is 6.59. The Morgan fingerprint density at radius 3 is 2.78 bits per heavy atom. The lowest BCUT2D eigenvalue weighted by Crippen LogP contribution is -2.36. The first-order valence-electron chi connectivity index (χ1n) is 11.5. The number of benzene rings is 1. The average Bonchev–Trinajstić information content (AvgIpc) is 3.41. The summed E-state index contributed by atoms with van der Waals surface area (Å²) >= 11 is 0. The van der Waals surface area contributed by atoms with Crippen LogP contribution >= 0.6 is 0 Å². The molecule has 2 aromatic heterocycles. The van der Waals surface area contributed by atoms with Gasteiger partial charge in [0.15, 0.2) is 5.82 Å². The summed E-state index contributed by atoms with van der Waals surface area (Å²) in [5.74, 6) is 0.804. The third-order valence-electron chi connectivity index (χ3n) is 6.59. The van der Waals surface area contributed by atoms with E-state index in [4.69, 9.17) is 4.74 Å². The Morgan fingerprint density at radius 2 is 2.06 bits per heavy atom. The topological polar surface area (TPSA) is 88.9 Å². The van der Waals surface area contributed by atoms with E-state index in [2.05, 4.69) is 65.2 Å². The number of hydrogen-bond donors (Lipinski definition) is 1. The first-order valence-corrected chi connectivity index (χ1v) is 11.5. The van der Waals surface area contributed by atoms with E-state index in [-0.39, 0.29) is 17.2 Å². The van der Waals surface area contributed by atoms with Crippen LogP contribution in [0.1, 0.15) is 62.5 Å². The van der Waals surface area contributed by atoms with Crippen LogP contribution in [-0.2, 0) is 23.4 Å². The van der Waals surface area contributed by atoms with Crippen LogP contribution in [0, 0.1) is 13.8 Å². The Labute approximate surface area is 189 Å². The van der Waals surface area contributed by atoms with Crippen LogP contribution in [0.25, 0.3) is 10.9 Å². The molecule has 1 N–H and O–H groups in total. The summed E-state index contributed by atoms with van der Waals surface area (Å²) in [7, 11) is 0. The molecule has 3 heterocycles. The first kappa shape index (κ1) is 22.6. The van der Waals surface area contributed by atoms with Crippen molar-refractivity contribution in [3.8, 4) is 0 Å². The van der Waals surface area contributed by atoms with Crippen LogP contribution in [0.15, 0.2) is 23.0 Å². The van der Waals surface area contributed by atoms with E-state index >= 15 is 0 Å². The molecule has 1 atom stereocenters. The molecule has 8 nitrogen and oxygen atoms in total. The fourth-order valence-electron chi connectivity index (χ4n) is 4.48. The molecule has 0 bridgehead atoms. The number of aryl methyl sites for hydroxylation is 2. The number of aromatic nitrogens is 5. The Hall–Kier alpha value is -2.58. The highest BCUT2D eigenvalue weighted by Gasteiger charge is 2.26. The predicted octanol–water partition coefficient (Wildman–Crippen LogP) is 3.46. The Balaban J connectivity index is 1.65. The number of aromatic amines is 1. The van der Waals surface area contributed by atoms with Crippen molar-refractivity contribution in [2.24, 2.45) is 0 Å². The van der Waals surface area contributed by atoms with Gasteiger partial charge in [-0.2, -0.15) is 0 Å². The molecule has 172 valence electrons. The number of tetrazole rings is 1. The Morgan fingerprint density at radius 1 is 1.25 bits per heavy atom. The second-order valence-corrected chi connectivity index (χ2v) is 9.65. The van der Waals surface area contributed by atoms with Crippen molar-refractivity contribution in [1.82, 2.24) is 30.1 Å². The minimum atomic E-state index is -0.177. The molecule has 1 fully saturated rings. The number of H-pyrrole nitrogens is 1. The zero-order valence-corrected chi connectivity index (χ0v) is 19.8. The van der Waals surface area contributed by atoms with Gasteiger partial charge in [-0.15, -0.1) is 5.10 Å². The maximum absolute atomic E-state index is 13.0. The van der Waals surface area contributed by atoms with Gasteiger partial charge >= 0.3 is 0 Å². The molecule has 1 aromatic carbocycles. The predicted molar refractivity (Wildman–Crippen MR) is 125 cm³/mol. The Kier molecular flexibility index (Phi) is 6.44. The summed E-state index contributed by atoms with van der Waals surface area (Å²) < 4.78 is 7.81. The van der Waals surface area contributed by atoms with Crippen LogP contribution in [0.2, 0.25) is 0 Å². The molecule has 1 aliphatic heterocycles. The van der Waals surface area contributed by atoms with E-state index in [0.717, 1.165) is 60.3 Å². The van der Waals surface area contributed by atoms with Gasteiger partial charge in [-0.1, -0.05) is 18.6 Å². The van der Waals surface area contributed by atoms with E-state index in [1.54, 1.807) is 0 Å². The summed E-state index contributed by atoms with van der Waals surface area (Å²) in [4.78, 5) is 18.3. The number of nitrogens with zero attached hydrogens (tertiary/aromatic N) is 5. The number of rotatable bonds is 8. The van der Waals surface area contributed by atoms with Gasteiger partial charge in [0.2, 0.25) is 0 Å². The van der Waals surface area contributed by atoms with Crippen LogP contribution in [0.4, 0.5) is 0 Å². The van der Waals surface area contributed by atoms with Crippen molar-refractivity contribution < 1.29 is 4.74 Å². The smallest absolute Gasteiger partial charge is 0.252 e. The summed E-state index contributed by atoms with van der Waals surface area (Å²) in [6.45, 7) is 13.1. The number of pyridine rings is 1. The monoisotopic (exact) mass is 438 g/mol. The minimum absolute atomic E-state index is 0.0460. The molecule has 1 unspecified atom stereocenters. The van der Waals surface area contributed by atoms with E-state index in [9.17, 15) is 4.79 Å². The summed E-state index contributed by atoms with van der Waals surface area (Å²) in [6.07, 6.45) is 3.20. The van der Waals surface area contributed by atoms with Crippen LogP contribution in [0.5, 0.6) is 0 Å². The summed E-state index contributed by atoms with van der Waals surface area (Å²) in [5, 5.41) is 13.6. The molecule has 8 heteroatoms. The van der Waals surface area contributed by atoms with Gasteiger partial charge in [0.1, 0.15) is 0 Å². The Bertz CT molecular complexity index is 1140. The lowest BCUT2D eigenvalue weighted by atomic mass is 10.0. The van der Waals surface area contributed by atoms with Gasteiger partial charge in [0, 0.05) is 25.3 Å². The fraction of sp³-hybridized carbons (Fsp3) is 0.583. The van der Waals surface area contributed by atoms with Gasteiger partial charge in [-0.05, 0) is 80.5 Å². The zero-order chi connectivity index (χ0) is 22.9. The quantitative estimate of drug-likeness (QED) is 0.579. The highest BCUT2D eigenvalue weighted by atomic mass is 16.5. The standard InChI is InChI=1S/C24H34N6O2/c1-6-24(4,5)30-21(26-27-28-30)15-29(14-20-8-7-9-32-20)13-19-12-18-11-16(2)10-17(3)22(18)25-23(19)31/h10-12,20H,6-9,13-15H2,1-5H3,(H,25,31). The van der Waals surface area contributed by atoms with Crippen molar-refractivity contribution in [2.45, 2.75) is 78.6 Å². The molecule has 0 amide bonds. The van der Waals surface area contributed by atoms with Gasteiger partial charge in [0.25, 0.3) is 5.56 Å². The number of ether oxygens (including phenoxy) is 1. The zero-order valence-electron chi connectivity index (χ0n) is 19.8. The SMILES string of the molecule is CCC(C)(C)n1nnnc1CN(Cc1cc2cc(C)cc(C)c2[nH]c1=O)CC1CCCO1. The lowest BCUT2D eigenvalue weighted by Gasteiger charge is -2.28. The van der Waals surface area contributed by atoms with E-state index in [1.165, 1.54) is 5.56 Å². The van der Waals surface area contributed by atoms with Gasteiger partial charge in [0.05, 0.1) is 23.7 Å². The second-order valence-electron chi connectivity index (χ2n) is 9.65. The summed E-state index contributed by atoms with van der Waals surface area (Å²) in [6, 6.07) is 6.24. The van der Waals surface area contributed by atoms with Gasteiger partial charge in [-0.3, -0.25) is 9.69 Å².